The summed E-state index contributed by atoms with van der Waals surface area (Å²) in [4.78, 5) is 20.0. The molecule has 6 rings (SSSR count). The largest absolute Gasteiger partial charge is 0.377 e. The zero-order chi connectivity index (χ0) is 24.5. The average molecular weight is 487 g/mol. The van der Waals surface area contributed by atoms with Gasteiger partial charge in [-0.3, -0.25) is 9.89 Å². The molecule has 0 saturated carbocycles. The number of anilines is 2. The molecule has 2 fully saturated rings. The van der Waals surface area contributed by atoms with E-state index < -0.39 is 0 Å². The number of carbonyl (C=O) groups excluding carboxylic acids is 1. The number of morpholine rings is 1. The molecule has 10 nitrogen and oxygen atoms in total. The van der Waals surface area contributed by atoms with Crippen molar-refractivity contribution in [1.29, 1.82) is 0 Å². The molecule has 36 heavy (non-hydrogen) atoms. The Bertz CT molecular complexity index is 1340. The first-order chi connectivity index (χ1) is 17.7. The lowest BCUT2D eigenvalue weighted by molar-refractivity contribution is -0.120. The first kappa shape index (κ1) is 22.7. The quantitative estimate of drug-likeness (QED) is 0.397. The van der Waals surface area contributed by atoms with Crippen LogP contribution in [0.15, 0.2) is 48.8 Å². The first-order valence-corrected chi connectivity index (χ1v) is 12.5. The third-order valence-electron chi connectivity index (χ3n) is 7.02. The molecule has 1 unspecified atom stereocenters. The van der Waals surface area contributed by atoms with Gasteiger partial charge < -0.3 is 20.3 Å². The number of ether oxygens (including phenoxy) is 1. The number of piperidine rings is 1. The number of nitrogens with zero attached hydrogens (tertiary/aromatic N) is 5. The van der Waals surface area contributed by atoms with E-state index in [1.807, 2.05) is 36.5 Å². The summed E-state index contributed by atoms with van der Waals surface area (Å²) < 4.78 is 7.41. The number of H-pyrrole nitrogens is 1. The van der Waals surface area contributed by atoms with E-state index in [0.29, 0.717) is 19.0 Å². The summed E-state index contributed by atoms with van der Waals surface area (Å²) in [6.07, 6.45) is 5.57. The van der Waals surface area contributed by atoms with Gasteiger partial charge in [0, 0.05) is 36.4 Å². The highest BCUT2D eigenvalue weighted by molar-refractivity contribution is 5.96. The topological polar surface area (TPSA) is 113 Å². The third-order valence-corrected chi connectivity index (χ3v) is 7.02. The molecule has 3 N–H and O–H groups in total. The zero-order valence-electron chi connectivity index (χ0n) is 20.3. The minimum absolute atomic E-state index is 0.0178. The van der Waals surface area contributed by atoms with Gasteiger partial charge in [-0.15, -0.1) is 0 Å². The number of aromatic amines is 1. The zero-order valence-corrected chi connectivity index (χ0v) is 20.3. The second kappa shape index (κ2) is 9.71. The van der Waals surface area contributed by atoms with Crippen LogP contribution in [0.3, 0.4) is 0 Å². The van der Waals surface area contributed by atoms with Crippen molar-refractivity contribution in [2.45, 2.75) is 25.8 Å². The number of hydrogen-bond donors (Lipinski definition) is 3. The minimum atomic E-state index is 0.0178. The van der Waals surface area contributed by atoms with Gasteiger partial charge in [0.1, 0.15) is 5.82 Å². The van der Waals surface area contributed by atoms with Crippen molar-refractivity contribution in [2.24, 2.45) is 5.92 Å². The Labute approximate surface area is 209 Å². The van der Waals surface area contributed by atoms with Gasteiger partial charge in [0.05, 0.1) is 31.4 Å². The highest BCUT2D eigenvalue weighted by Gasteiger charge is 2.24. The van der Waals surface area contributed by atoms with E-state index in [9.17, 15) is 4.79 Å². The van der Waals surface area contributed by atoms with Crippen LogP contribution in [-0.4, -0.2) is 69.8 Å². The second-order valence-electron chi connectivity index (χ2n) is 9.48. The molecule has 2 aliphatic heterocycles. The lowest BCUT2D eigenvalue weighted by atomic mass is 9.98. The fourth-order valence-corrected chi connectivity index (χ4v) is 5.03. The van der Waals surface area contributed by atoms with Crippen molar-refractivity contribution in [3.8, 4) is 16.9 Å². The van der Waals surface area contributed by atoms with Gasteiger partial charge in [-0.05, 0) is 55.6 Å². The number of benzene rings is 1. The van der Waals surface area contributed by atoms with Crippen LogP contribution in [0.25, 0.3) is 28.0 Å². The molecule has 0 bridgehead atoms. The molecule has 1 amide bonds. The van der Waals surface area contributed by atoms with Crippen molar-refractivity contribution in [3.05, 3.63) is 48.8 Å². The summed E-state index contributed by atoms with van der Waals surface area (Å²) >= 11 is 0. The molecule has 2 aliphatic rings. The van der Waals surface area contributed by atoms with E-state index in [1.54, 1.807) is 10.9 Å². The molecule has 0 radical (unpaired) electrons. The molecular formula is C26H30N8O2. The standard InChI is InChI=1S/C26H30N8O2/c1-17-16-36-12-11-33(17)24-13-21(22-15-29-34(25(22)31-24)23-8-10-28-32-23)18-4-6-20(7-5-18)30-26(35)19-3-2-9-27-14-19/h4-8,10,13,15,17,19,27H,2-3,9,11-12,14,16H2,1H3,(H,28,32)(H,30,35)/t17-,19?/m1/s1. The lowest BCUT2D eigenvalue weighted by Crippen LogP contribution is -2.44. The Kier molecular flexibility index (Phi) is 6.12. The summed E-state index contributed by atoms with van der Waals surface area (Å²) in [6, 6.07) is 12.2. The molecule has 0 spiro atoms. The Hall–Kier alpha value is -3.76. The number of rotatable bonds is 5. The normalized spacial score (nSPS) is 20.5. The monoisotopic (exact) mass is 486 g/mol. The van der Waals surface area contributed by atoms with Crippen LogP contribution < -0.4 is 15.5 Å². The van der Waals surface area contributed by atoms with Crippen LogP contribution in [0.4, 0.5) is 11.5 Å². The van der Waals surface area contributed by atoms with E-state index >= 15 is 0 Å². The Morgan fingerprint density at radius 3 is 2.83 bits per heavy atom. The fraction of sp³-hybridized carbons (Fsp3) is 0.385. The molecule has 3 aromatic heterocycles. The maximum Gasteiger partial charge on any atom is 0.228 e. The highest BCUT2D eigenvalue weighted by atomic mass is 16.5. The van der Waals surface area contributed by atoms with Crippen molar-refractivity contribution in [1.82, 2.24) is 30.3 Å². The van der Waals surface area contributed by atoms with Gasteiger partial charge >= 0.3 is 0 Å². The summed E-state index contributed by atoms with van der Waals surface area (Å²) in [5, 5.41) is 19.1. The van der Waals surface area contributed by atoms with Crippen LogP contribution in [0, 0.1) is 5.92 Å². The molecule has 2 atom stereocenters. The number of aromatic nitrogens is 5. The summed E-state index contributed by atoms with van der Waals surface area (Å²) in [5.74, 6) is 1.66. The van der Waals surface area contributed by atoms with Gasteiger partial charge in [0.15, 0.2) is 11.5 Å². The summed E-state index contributed by atoms with van der Waals surface area (Å²) in [7, 11) is 0. The van der Waals surface area contributed by atoms with Gasteiger partial charge in [-0.25, -0.2) is 4.98 Å². The Morgan fingerprint density at radius 1 is 1.19 bits per heavy atom. The molecule has 10 heteroatoms. The lowest BCUT2D eigenvalue weighted by Gasteiger charge is -2.34. The van der Waals surface area contributed by atoms with Crippen LogP contribution >= 0.6 is 0 Å². The molecule has 186 valence electrons. The van der Waals surface area contributed by atoms with E-state index in [-0.39, 0.29) is 17.9 Å². The molecule has 0 aliphatic carbocycles. The number of fused-ring (bicyclic) bond motifs is 1. The van der Waals surface area contributed by atoms with E-state index in [2.05, 4.69) is 43.8 Å². The minimum Gasteiger partial charge on any atom is -0.377 e. The number of nitrogens with one attached hydrogen (secondary N) is 3. The smallest absolute Gasteiger partial charge is 0.228 e. The van der Waals surface area contributed by atoms with Gasteiger partial charge in [0.25, 0.3) is 0 Å². The predicted molar refractivity (Wildman–Crippen MR) is 138 cm³/mol. The van der Waals surface area contributed by atoms with Crippen LogP contribution in [0.5, 0.6) is 0 Å². The maximum atomic E-state index is 12.7. The van der Waals surface area contributed by atoms with Crippen LogP contribution in [-0.2, 0) is 9.53 Å². The number of amides is 1. The number of carbonyl (C=O) groups is 1. The van der Waals surface area contributed by atoms with Crippen molar-refractivity contribution < 1.29 is 9.53 Å². The van der Waals surface area contributed by atoms with Gasteiger partial charge in [-0.1, -0.05) is 12.1 Å². The van der Waals surface area contributed by atoms with E-state index in [0.717, 1.165) is 66.1 Å². The number of pyridine rings is 1. The van der Waals surface area contributed by atoms with Gasteiger partial charge in [0.2, 0.25) is 5.91 Å². The van der Waals surface area contributed by atoms with Crippen molar-refractivity contribution in [3.63, 3.8) is 0 Å². The van der Waals surface area contributed by atoms with Crippen LogP contribution in [0.1, 0.15) is 19.8 Å². The Balaban J connectivity index is 1.36. The predicted octanol–water partition coefficient (Wildman–Crippen LogP) is 2.97. The van der Waals surface area contributed by atoms with Crippen molar-refractivity contribution >= 4 is 28.4 Å². The fourth-order valence-electron chi connectivity index (χ4n) is 5.03. The average Bonchev–Trinajstić information content (AvgIpc) is 3.59. The first-order valence-electron chi connectivity index (χ1n) is 12.5. The molecule has 4 aromatic rings. The van der Waals surface area contributed by atoms with E-state index in [1.165, 1.54) is 0 Å². The molecular weight excluding hydrogens is 456 g/mol. The van der Waals surface area contributed by atoms with Crippen LogP contribution in [0.2, 0.25) is 0 Å². The maximum absolute atomic E-state index is 12.7. The van der Waals surface area contributed by atoms with Gasteiger partial charge in [-0.2, -0.15) is 14.9 Å². The molecule has 1 aromatic carbocycles. The third kappa shape index (κ3) is 4.33. The van der Waals surface area contributed by atoms with Crippen molar-refractivity contribution in [2.75, 3.05) is 43.1 Å². The number of hydrogen-bond acceptors (Lipinski definition) is 7. The summed E-state index contributed by atoms with van der Waals surface area (Å²) in [5.41, 5.74) is 3.61. The van der Waals surface area contributed by atoms with E-state index in [4.69, 9.17) is 9.72 Å². The molecule has 2 saturated heterocycles. The Morgan fingerprint density at radius 2 is 2.08 bits per heavy atom. The summed E-state index contributed by atoms with van der Waals surface area (Å²) in [6.45, 7) is 5.98. The molecule has 5 heterocycles. The second-order valence-corrected chi connectivity index (χ2v) is 9.48. The SMILES string of the molecule is C[C@@H]1COCCN1c1cc(-c2ccc(NC(=O)C3CCCNC3)cc2)c2cnn(-c3cc[nH]n3)c2n1. The highest BCUT2D eigenvalue weighted by Crippen LogP contribution is 2.34.